The fraction of sp³-hybridized carbons (Fsp3) is 0.235. The molecular formula is C17H17N3O3S. The second kappa shape index (κ2) is 7.27. The van der Waals surface area contributed by atoms with E-state index in [0.717, 1.165) is 11.3 Å². The summed E-state index contributed by atoms with van der Waals surface area (Å²) >= 11 is 1.36. The van der Waals surface area contributed by atoms with Gasteiger partial charge in [0.05, 0.1) is 18.7 Å². The van der Waals surface area contributed by atoms with Crippen molar-refractivity contribution in [2.75, 3.05) is 7.11 Å². The van der Waals surface area contributed by atoms with Crippen LogP contribution in [0.3, 0.4) is 0 Å². The topological polar surface area (TPSA) is 66.2 Å². The van der Waals surface area contributed by atoms with Crippen molar-refractivity contribution in [3.63, 3.8) is 0 Å². The van der Waals surface area contributed by atoms with Gasteiger partial charge in [0.15, 0.2) is 5.69 Å². The first-order chi connectivity index (χ1) is 11.7. The zero-order chi connectivity index (χ0) is 16.9. The molecule has 0 aliphatic carbocycles. The summed E-state index contributed by atoms with van der Waals surface area (Å²) in [5.41, 5.74) is 2.78. The molecule has 0 saturated heterocycles. The number of methoxy groups -OCH3 is 1. The summed E-state index contributed by atoms with van der Waals surface area (Å²) in [7, 11) is 1.61. The number of carbonyl (C=O) groups excluding carboxylic acids is 1. The van der Waals surface area contributed by atoms with Crippen molar-refractivity contribution in [2.24, 2.45) is 0 Å². The molecule has 2 atom stereocenters. The highest BCUT2D eigenvalue weighted by molar-refractivity contribution is 7.07. The number of rotatable bonds is 6. The molecule has 1 aromatic carbocycles. The van der Waals surface area contributed by atoms with Crippen LogP contribution in [0.4, 0.5) is 0 Å². The fourth-order valence-corrected chi connectivity index (χ4v) is 2.91. The van der Waals surface area contributed by atoms with Crippen LogP contribution in [-0.4, -0.2) is 27.8 Å². The SMILES string of the molecule is COc1ccc(C(OC(=O)c2cscn2)C(C)n2cccn2)cc1. The summed E-state index contributed by atoms with van der Waals surface area (Å²) in [6.07, 6.45) is 3.05. The summed E-state index contributed by atoms with van der Waals surface area (Å²) in [6, 6.07) is 9.12. The summed E-state index contributed by atoms with van der Waals surface area (Å²) < 4.78 is 12.7. The zero-order valence-electron chi connectivity index (χ0n) is 13.3. The quantitative estimate of drug-likeness (QED) is 0.641. The van der Waals surface area contributed by atoms with Crippen LogP contribution < -0.4 is 4.74 Å². The molecule has 0 aliphatic rings. The van der Waals surface area contributed by atoms with Crippen LogP contribution in [0.5, 0.6) is 5.75 Å². The van der Waals surface area contributed by atoms with Gasteiger partial charge in [-0.15, -0.1) is 11.3 Å². The molecule has 0 saturated carbocycles. The Morgan fingerprint density at radius 1 is 1.29 bits per heavy atom. The second-order valence-electron chi connectivity index (χ2n) is 5.20. The minimum atomic E-state index is -0.495. The summed E-state index contributed by atoms with van der Waals surface area (Å²) in [4.78, 5) is 16.4. The molecule has 0 spiro atoms. The minimum Gasteiger partial charge on any atom is -0.497 e. The number of hydrogen-bond acceptors (Lipinski definition) is 6. The van der Waals surface area contributed by atoms with Gasteiger partial charge in [0.2, 0.25) is 0 Å². The first kappa shape index (κ1) is 16.2. The smallest absolute Gasteiger partial charge is 0.358 e. The maximum atomic E-state index is 12.4. The van der Waals surface area contributed by atoms with Gasteiger partial charge < -0.3 is 9.47 Å². The highest BCUT2D eigenvalue weighted by atomic mass is 32.1. The molecule has 2 unspecified atom stereocenters. The second-order valence-corrected chi connectivity index (χ2v) is 5.92. The molecule has 6 nitrogen and oxygen atoms in total. The van der Waals surface area contributed by atoms with Crippen molar-refractivity contribution < 1.29 is 14.3 Å². The predicted octanol–water partition coefficient (Wildman–Crippen LogP) is 3.51. The Morgan fingerprint density at radius 3 is 2.67 bits per heavy atom. The van der Waals surface area contributed by atoms with E-state index in [1.54, 1.807) is 28.9 Å². The molecular weight excluding hydrogens is 326 g/mol. The average molecular weight is 343 g/mol. The zero-order valence-corrected chi connectivity index (χ0v) is 14.1. The Labute approximate surface area is 143 Å². The fourth-order valence-electron chi connectivity index (χ4n) is 2.39. The molecule has 124 valence electrons. The van der Waals surface area contributed by atoms with Gasteiger partial charge in [-0.3, -0.25) is 4.68 Å². The normalized spacial score (nSPS) is 13.2. The first-order valence-electron chi connectivity index (χ1n) is 7.41. The molecule has 0 bridgehead atoms. The van der Waals surface area contributed by atoms with E-state index in [-0.39, 0.29) is 6.04 Å². The summed E-state index contributed by atoms with van der Waals surface area (Å²) in [6.45, 7) is 1.95. The molecule has 0 aliphatic heterocycles. The lowest BCUT2D eigenvalue weighted by Crippen LogP contribution is -2.21. The van der Waals surface area contributed by atoms with Gasteiger partial charge in [-0.05, 0) is 30.7 Å². The third-order valence-corrected chi connectivity index (χ3v) is 4.29. The van der Waals surface area contributed by atoms with Crippen LogP contribution in [0.2, 0.25) is 0 Å². The number of hydrogen-bond donors (Lipinski definition) is 0. The van der Waals surface area contributed by atoms with E-state index in [9.17, 15) is 4.79 Å². The summed E-state index contributed by atoms with van der Waals surface area (Å²) in [5, 5.41) is 5.93. The van der Waals surface area contributed by atoms with Gasteiger partial charge in [0.25, 0.3) is 0 Å². The van der Waals surface area contributed by atoms with Crippen molar-refractivity contribution in [1.82, 2.24) is 14.8 Å². The number of aromatic nitrogens is 3. The summed E-state index contributed by atoms with van der Waals surface area (Å²) in [5.74, 6) is 0.297. The molecule has 3 rings (SSSR count). The van der Waals surface area contributed by atoms with Crippen LogP contribution in [-0.2, 0) is 4.74 Å². The highest BCUT2D eigenvalue weighted by Crippen LogP contribution is 2.31. The van der Waals surface area contributed by atoms with Gasteiger partial charge in [-0.25, -0.2) is 9.78 Å². The van der Waals surface area contributed by atoms with E-state index in [1.165, 1.54) is 11.3 Å². The molecule has 24 heavy (non-hydrogen) atoms. The Bertz CT molecular complexity index is 770. The maximum Gasteiger partial charge on any atom is 0.358 e. The van der Waals surface area contributed by atoms with E-state index in [4.69, 9.17) is 9.47 Å². The van der Waals surface area contributed by atoms with Crippen molar-refractivity contribution in [3.05, 3.63) is 64.9 Å². The van der Waals surface area contributed by atoms with Gasteiger partial charge in [-0.2, -0.15) is 5.10 Å². The predicted molar refractivity (Wildman–Crippen MR) is 90.2 cm³/mol. The van der Waals surface area contributed by atoms with E-state index >= 15 is 0 Å². The lowest BCUT2D eigenvalue weighted by atomic mass is 10.0. The van der Waals surface area contributed by atoms with E-state index in [2.05, 4.69) is 10.1 Å². The first-order valence-corrected chi connectivity index (χ1v) is 8.35. The molecule has 0 radical (unpaired) electrons. The maximum absolute atomic E-state index is 12.4. The van der Waals surface area contributed by atoms with Crippen molar-refractivity contribution in [1.29, 1.82) is 0 Å². The molecule has 3 aromatic rings. The number of nitrogens with zero attached hydrogens (tertiary/aromatic N) is 3. The number of thiazole rings is 1. The van der Waals surface area contributed by atoms with Crippen LogP contribution >= 0.6 is 11.3 Å². The molecule has 0 N–H and O–H groups in total. The lowest BCUT2D eigenvalue weighted by Gasteiger charge is -2.24. The number of benzene rings is 1. The number of ether oxygens (including phenoxy) is 2. The minimum absolute atomic E-state index is 0.170. The van der Waals surface area contributed by atoms with E-state index in [1.807, 2.05) is 43.5 Å². The molecule has 0 amide bonds. The van der Waals surface area contributed by atoms with Gasteiger partial charge in [-0.1, -0.05) is 12.1 Å². The Hall–Kier alpha value is -2.67. The van der Waals surface area contributed by atoms with Crippen molar-refractivity contribution in [2.45, 2.75) is 19.1 Å². The van der Waals surface area contributed by atoms with Gasteiger partial charge >= 0.3 is 5.97 Å². The largest absolute Gasteiger partial charge is 0.497 e. The number of carbonyl (C=O) groups is 1. The van der Waals surface area contributed by atoms with E-state index < -0.39 is 12.1 Å². The van der Waals surface area contributed by atoms with Gasteiger partial charge in [0, 0.05) is 17.8 Å². The van der Waals surface area contributed by atoms with Crippen molar-refractivity contribution >= 4 is 17.3 Å². The molecule has 0 fully saturated rings. The van der Waals surface area contributed by atoms with Crippen LogP contribution in [0, 0.1) is 0 Å². The van der Waals surface area contributed by atoms with Crippen LogP contribution in [0.25, 0.3) is 0 Å². The Kier molecular flexibility index (Phi) is 4.90. The van der Waals surface area contributed by atoms with Crippen LogP contribution in [0.1, 0.15) is 35.1 Å². The number of esters is 1. The lowest BCUT2D eigenvalue weighted by molar-refractivity contribution is 0.0151. The Morgan fingerprint density at radius 2 is 2.08 bits per heavy atom. The molecule has 2 heterocycles. The van der Waals surface area contributed by atoms with Gasteiger partial charge in [0.1, 0.15) is 11.9 Å². The standard InChI is InChI=1S/C17H17N3O3S/c1-12(20-9-3-8-19-20)16(13-4-6-14(22-2)7-5-13)23-17(21)15-10-24-11-18-15/h3-12,16H,1-2H3. The Balaban J connectivity index is 1.89. The van der Waals surface area contributed by atoms with Crippen molar-refractivity contribution in [3.8, 4) is 5.75 Å². The average Bonchev–Trinajstić information content (AvgIpc) is 3.32. The highest BCUT2D eigenvalue weighted by Gasteiger charge is 2.26. The molecule has 2 aromatic heterocycles. The third kappa shape index (κ3) is 3.46. The van der Waals surface area contributed by atoms with Crippen LogP contribution in [0.15, 0.2) is 53.6 Å². The van der Waals surface area contributed by atoms with E-state index in [0.29, 0.717) is 5.69 Å². The third-order valence-electron chi connectivity index (χ3n) is 3.70. The molecule has 7 heteroatoms. The monoisotopic (exact) mass is 343 g/mol.